The van der Waals surface area contributed by atoms with E-state index < -0.39 is 0 Å². The van der Waals surface area contributed by atoms with Crippen LogP contribution in [0.2, 0.25) is 0 Å². The predicted octanol–water partition coefficient (Wildman–Crippen LogP) is 4.29. The van der Waals surface area contributed by atoms with Crippen molar-refractivity contribution in [2.75, 3.05) is 7.11 Å². The summed E-state index contributed by atoms with van der Waals surface area (Å²) in [6.07, 6.45) is 7.31. The molecule has 0 unspecified atom stereocenters. The Kier molecular flexibility index (Phi) is 3.97. The second-order valence-corrected chi connectivity index (χ2v) is 4.37. The lowest BCUT2D eigenvalue weighted by Crippen LogP contribution is -2.01. The van der Waals surface area contributed by atoms with Crippen LogP contribution in [0, 0.1) is 0 Å². The van der Waals surface area contributed by atoms with E-state index in [1.54, 1.807) is 7.11 Å². The molecule has 0 fully saturated rings. The molecule has 0 spiro atoms. The molecule has 2 heteroatoms. The van der Waals surface area contributed by atoms with Crippen molar-refractivity contribution in [3.63, 3.8) is 0 Å². The van der Waals surface area contributed by atoms with Crippen molar-refractivity contribution in [3.8, 4) is 5.75 Å². The van der Waals surface area contributed by atoms with Crippen molar-refractivity contribution in [2.45, 2.75) is 32.6 Å². The number of allylic oxidation sites excluding steroid dienone is 2. The zero-order chi connectivity index (χ0) is 12.1. The Balaban J connectivity index is 2.14. The topological polar surface area (TPSA) is 21.6 Å². The molecule has 0 radical (unpaired) electrons. The van der Waals surface area contributed by atoms with Gasteiger partial charge in [-0.25, -0.2) is 0 Å². The quantitative estimate of drug-likeness (QED) is 0.708. The van der Waals surface area contributed by atoms with Crippen molar-refractivity contribution in [3.05, 3.63) is 35.9 Å². The van der Waals surface area contributed by atoms with Crippen molar-refractivity contribution in [2.24, 2.45) is 4.99 Å². The number of nitrogens with zero attached hydrogens (tertiary/aromatic N) is 1. The van der Waals surface area contributed by atoms with Crippen LogP contribution in [0.25, 0.3) is 0 Å². The smallest absolute Gasteiger partial charge is 0.119 e. The molecule has 1 aliphatic rings. The molecule has 17 heavy (non-hydrogen) atoms. The maximum atomic E-state index is 5.13. The van der Waals surface area contributed by atoms with E-state index in [9.17, 15) is 0 Å². The largest absolute Gasteiger partial charge is 0.497 e. The number of hydrogen-bond acceptors (Lipinski definition) is 2. The number of methoxy groups -OCH3 is 1. The van der Waals surface area contributed by atoms with Crippen LogP contribution in [0.5, 0.6) is 5.75 Å². The molecule has 0 atom stereocenters. The third-order valence-corrected chi connectivity index (χ3v) is 3.12. The molecule has 1 aliphatic carbocycles. The molecule has 2 nitrogen and oxygen atoms in total. The fourth-order valence-corrected chi connectivity index (χ4v) is 2.09. The zero-order valence-corrected chi connectivity index (χ0v) is 10.6. The van der Waals surface area contributed by atoms with Gasteiger partial charge in [-0.3, -0.25) is 4.99 Å². The van der Waals surface area contributed by atoms with Gasteiger partial charge in [0.05, 0.1) is 12.8 Å². The van der Waals surface area contributed by atoms with Gasteiger partial charge < -0.3 is 4.74 Å². The third kappa shape index (κ3) is 3.19. The first-order chi connectivity index (χ1) is 8.29. The number of benzene rings is 1. The van der Waals surface area contributed by atoms with E-state index in [-0.39, 0.29) is 0 Å². The minimum Gasteiger partial charge on any atom is -0.497 e. The van der Waals surface area contributed by atoms with E-state index in [4.69, 9.17) is 4.74 Å². The number of ether oxygens (including phenoxy) is 1. The minimum atomic E-state index is 0.874. The van der Waals surface area contributed by atoms with Crippen LogP contribution < -0.4 is 4.74 Å². The van der Waals surface area contributed by atoms with E-state index >= 15 is 0 Å². The lowest BCUT2D eigenvalue weighted by Gasteiger charge is -2.12. The number of hydrogen-bond donors (Lipinski definition) is 0. The summed E-state index contributed by atoms with van der Waals surface area (Å²) in [5.74, 6) is 0.874. The van der Waals surface area contributed by atoms with Gasteiger partial charge in [0.15, 0.2) is 0 Å². The first kappa shape index (κ1) is 11.9. The first-order valence-corrected chi connectivity index (χ1v) is 6.18. The molecule has 0 saturated carbocycles. The summed E-state index contributed by atoms with van der Waals surface area (Å²) in [7, 11) is 1.68. The highest BCUT2D eigenvalue weighted by Crippen LogP contribution is 2.22. The Labute approximate surface area is 103 Å². The Morgan fingerprint density at radius 1 is 1.18 bits per heavy atom. The minimum absolute atomic E-state index is 0.874. The highest BCUT2D eigenvalue weighted by molar-refractivity contribution is 5.99. The van der Waals surface area contributed by atoms with Gasteiger partial charge in [0.25, 0.3) is 0 Å². The SMILES string of the molecule is COc1ccc(N=C(C)C2=CCCCC2)cc1. The van der Waals surface area contributed by atoms with Crippen LogP contribution in [-0.4, -0.2) is 12.8 Å². The summed E-state index contributed by atoms with van der Waals surface area (Å²) in [5, 5.41) is 0. The van der Waals surface area contributed by atoms with E-state index in [1.165, 1.54) is 31.3 Å². The van der Waals surface area contributed by atoms with Crippen LogP contribution in [0.15, 0.2) is 40.9 Å². The fourth-order valence-electron chi connectivity index (χ4n) is 2.09. The number of aliphatic imine (C=N–C) groups is 1. The Morgan fingerprint density at radius 2 is 1.94 bits per heavy atom. The third-order valence-electron chi connectivity index (χ3n) is 3.12. The molecular weight excluding hydrogens is 210 g/mol. The summed E-state index contributed by atoms with van der Waals surface area (Å²) in [6.45, 7) is 2.10. The molecule has 0 amide bonds. The standard InChI is InChI=1S/C15H19NO/c1-12(13-6-4-3-5-7-13)16-14-8-10-15(17-2)11-9-14/h6,8-11H,3-5,7H2,1-2H3. The van der Waals surface area contributed by atoms with Crippen molar-refractivity contribution < 1.29 is 4.74 Å². The van der Waals surface area contributed by atoms with Crippen molar-refractivity contribution >= 4 is 11.4 Å². The summed E-state index contributed by atoms with van der Waals surface area (Å²) < 4.78 is 5.13. The molecule has 0 heterocycles. The molecule has 0 aliphatic heterocycles. The second-order valence-electron chi connectivity index (χ2n) is 4.37. The Hall–Kier alpha value is -1.57. The summed E-state index contributed by atoms with van der Waals surface area (Å²) in [4.78, 5) is 4.65. The van der Waals surface area contributed by atoms with E-state index in [1.807, 2.05) is 24.3 Å². The average Bonchev–Trinajstić information content (AvgIpc) is 2.40. The van der Waals surface area contributed by atoms with Crippen LogP contribution in [0.3, 0.4) is 0 Å². The molecule has 0 bridgehead atoms. The summed E-state index contributed by atoms with van der Waals surface area (Å²) in [5.41, 5.74) is 3.55. The fraction of sp³-hybridized carbons (Fsp3) is 0.400. The molecule has 2 rings (SSSR count). The van der Waals surface area contributed by atoms with Gasteiger partial charge >= 0.3 is 0 Å². The predicted molar refractivity (Wildman–Crippen MR) is 72.3 cm³/mol. The van der Waals surface area contributed by atoms with E-state index in [0.717, 1.165) is 17.1 Å². The molecule has 0 aromatic heterocycles. The van der Waals surface area contributed by atoms with Crippen LogP contribution in [0.4, 0.5) is 5.69 Å². The lowest BCUT2D eigenvalue weighted by atomic mass is 9.96. The highest BCUT2D eigenvalue weighted by Gasteiger charge is 2.06. The molecule has 90 valence electrons. The van der Waals surface area contributed by atoms with Gasteiger partial charge in [-0.05, 0) is 62.4 Å². The number of rotatable bonds is 3. The maximum absolute atomic E-state index is 5.13. The lowest BCUT2D eigenvalue weighted by molar-refractivity contribution is 0.415. The second kappa shape index (κ2) is 5.67. The molecule has 0 saturated heterocycles. The van der Waals surface area contributed by atoms with Crippen LogP contribution in [-0.2, 0) is 0 Å². The van der Waals surface area contributed by atoms with Gasteiger partial charge in [0.2, 0.25) is 0 Å². The molecule has 0 N–H and O–H groups in total. The summed E-state index contributed by atoms with van der Waals surface area (Å²) >= 11 is 0. The Morgan fingerprint density at radius 3 is 2.53 bits per heavy atom. The summed E-state index contributed by atoms with van der Waals surface area (Å²) in [6, 6.07) is 7.88. The normalized spacial score (nSPS) is 16.6. The van der Waals surface area contributed by atoms with Gasteiger partial charge in [-0.15, -0.1) is 0 Å². The van der Waals surface area contributed by atoms with Gasteiger partial charge in [0, 0.05) is 5.71 Å². The van der Waals surface area contributed by atoms with Crippen LogP contribution >= 0.6 is 0 Å². The molecule has 1 aromatic rings. The zero-order valence-electron chi connectivity index (χ0n) is 10.6. The Bertz CT molecular complexity index is 429. The molecular formula is C15H19NO. The van der Waals surface area contributed by atoms with Gasteiger partial charge in [0.1, 0.15) is 5.75 Å². The van der Waals surface area contributed by atoms with Crippen LogP contribution in [0.1, 0.15) is 32.6 Å². The van der Waals surface area contributed by atoms with Crippen molar-refractivity contribution in [1.29, 1.82) is 0 Å². The molecule has 1 aromatic carbocycles. The van der Waals surface area contributed by atoms with E-state index in [2.05, 4.69) is 18.0 Å². The first-order valence-electron chi connectivity index (χ1n) is 6.18. The van der Waals surface area contributed by atoms with Crippen molar-refractivity contribution in [1.82, 2.24) is 0 Å². The highest BCUT2D eigenvalue weighted by atomic mass is 16.5. The maximum Gasteiger partial charge on any atom is 0.119 e. The average molecular weight is 229 g/mol. The van der Waals surface area contributed by atoms with E-state index in [0.29, 0.717) is 0 Å². The van der Waals surface area contributed by atoms with Gasteiger partial charge in [-0.1, -0.05) is 6.08 Å². The monoisotopic (exact) mass is 229 g/mol. The van der Waals surface area contributed by atoms with Gasteiger partial charge in [-0.2, -0.15) is 0 Å².